The molecule has 2 heterocycles. The number of nitrogens with zero attached hydrogens (tertiary/aromatic N) is 3. The fourth-order valence-corrected chi connectivity index (χ4v) is 4.24. The van der Waals surface area contributed by atoms with Gasteiger partial charge in [-0.3, -0.25) is 9.59 Å². The first-order valence-corrected chi connectivity index (χ1v) is 9.77. The van der Waals surface area contributed by atoms with Crippen LogP contribution in [-0.4, -0.2) is 52.8 Å². The van der Waals surface area contributed by atoms with Crippen LogP contribution in [0.3, 0.4) is 0 Å². The van der Waals surface area contributed by atoms with Crippen molar-refractivity contribution >= 4 is 35.6 Å². The van der Waals surface area contributed by atoms with Gasteiger partial charge in [-0.1, -0.05) is 19.3 Å². The Morgan fingerprint density at radius 3 is 2.36 bits per heavy atom. The summed E-state index contributed by atoms with van der Waals surface area (Å²) in [6.45, 7) is 2.80. The number of piperazine rings is 1. The van der Waals surface area contributed by atoms with E-state index in [1.807, 2.05) is 4.90 Å². The summed E-state index contributed by atoms with van der Waals surface area (Å²) in [5.41, 5.74) is 6.02. The van der Waals surface area contributed by atoms with Crippen LogP contribution in [-0.2, 0) is 11.3 Å². The van der Waals surface area contributed by atoms with Crippen LogP contribution in [0.25, 0.3) is 0 Å². The van der Waals surface area contributed by atoms with Gasteiger partial charge in [0.1, 0.15) is 10.7 Å². The summed E-state index contributed by atoms with van der Waals surface area (Å²) >= 11 is 1.42. The van der Waals surface area contributed by atoms with Gasteiger partial charge in [0.15, 0.2) is 0 Å². The van der Waals surface area contributed by atoms with E-state index in [0.717, 1.165) is 5.01 Å². The molecule has 1 aromatic heterocycles. The van der Waals surface area contributed by atoms with Crippen LogP contribution < -0.4 is 5.73 Å². The molecule has 2 N–H and O–H groups in total. The summed E-state index contributed by atoms with van der Waals surface area (Å²) in [5, 5.41) is 2.55. The average Bonchev–Trinajstić information content (AvgIpc) is 3.11. The maximum Gasteiger partial charge on any atom is 0.273 e. The molecule has 1 aromatic rings. The molecule has 0 unspecified atom stereocenters. The van der Waals surface area contributed by atoms with Crippen LogP contribution in [0.15, 0.2) is 5.38 Å². The third-order valence-corrected chi connectivity index (χ3v) is 5.92. The zero-order valence-corrected chi connectivity index (χ0v) is 16.1. The molecule has 3 rings (SSSR count). The topological polar surface area (TPSA) is 79.5 Å². The fraction of sp³-hybridized carbons (Fsp3) is 0.706. The first kappa shape index (κ1) is 20.1. The molecule has 1 aliphatic carbocycles. The van der Waals surface area contributed by atoms with Crippen molar-refractivity contribution in [3.8, 4) is 0 Å². The first-order valence-electron chi connectivity index (χ1n) is 8.89. The van der Waals surface area contributed by atoms with Gasteiger partial charge >= 0.3 is 0 Å². The van der Waals surface area contributed by atoms with E-state index in [2.05, 4.69) is 4.98 Å². The molecule has 1 saturated heterocycles. The number of carbonyl (C=O) groups excluding carboxylic acids is 2. The lowest BCUT2D eigenvalue weighted by Gasteiger charge is -2.35. The molecule has 0 radical (unpaired) electrons. The summed E-state index contributed by atoms with van der Waals surface area (Å²) in [6, 6.07) is 0. The molecular formula is C17H27ClN4O2S. The molecule has 6 nitrogen and oxygen atoms in total. The van der Waals surface area contributed by atoms with E-state index in [1.54, 1.807) is 10.3 Å². The molecule has 1 saturated carbocycles. The highest BCUT2D eigenvalue weighted by Gasteiger charge is 2.27. The van der Waals surface area contributed by atoms with Gasteiger partial charge in [-0.25, -0.2) is 4.98 Å². The van der Waals surface area contributed by atoms with Gasteiger partial charge in [-0.2, -0.15) is 0 Å². The van der Waals surface area contributed by atoms with E-state index >= 15 is 0 Å². The summed E-state index contributed by atoms with van der Waals surface area (Å²) in [4.78, 5) is 32.9. The lowest BCUT2D eigenvalue weighted by molar-refractivity contribution is -0.133. The summed E-state index contributed by atoms with van der Waals surface area (Å²) < 4.78 is 0. The van der Waals surface area contributed by atoms with Gasteiger partial charge in [0.2, 0.25) is 5.91 Å². The minimum Gasteiger partial charge on any atom is -0.339 e. The molecule has 25 heavy (non-hydrogen) atoms. The highest BCUT2D eigenvalue weighted by atomic mass is 35.5. The van der Waals surface area contributed by atoms with Crippen molar-refractivity contribution in [3.05, 3.63) is 16.1 Å². The Bertz CT molecular complexity index is 581. The van der Waals surface area contributed by atoms with Crippen molar-refractivity contribution in [1.82, 2.24) is 14.8 Å². The monoisotopic (exact) mass is 386 g/mol. The predicted molar refractivity (Wildman–Crippen MR) is 101 cm³/mol. The first-order chi connectivity index (χ1) is 11.7. The molecule has 2 aliphatic rings. The molecule has 2 fully saturated rings. The molecule has 1 aliphatic heterocycles. The second kappa shape index (κ2) is 9.50. The molecule has 0 bridgehead atoms. The van der Waals surface area contributed by atoms with Crippen LogP contribution >= 0.6 is 23.7 Å². The van der Waals surface area contributed by atoms with E-state index in [1.165, 1.54) is 43.4 Å². The van der Waals surface area contributed by atoms with Crippen molar-refractivity contribution in [2.75, 3.05) is 26.2 Å². The van der Waals surface area contributed by atoms with Crippen molar-refractivity contribution in [3.63, 3.8) is 0 Å². The summed E-state index contributed by atoms with van der Waals surface area (Å²) in [7, 11) is 0. The average molecular weight is 387 g/mol. The Labute approximate surface area is 159 Å². The van der Waals surface area contributed by atoms with Gasteiger partial charge in [-0.05, 0) is 18.8 Å². The maximum absolute atomic E-state index is 12.5. The number of aromatic nitrogens is 1. The Hall–Kier alpha value is -1.18. The van der Waals surface area contributed by atoms with Crippen molar-refractivity contribution in [2.24, 2.45) is 11.7 Å². The molecule has 0 aromatic carbocycles. The standard InChI is InChI=1S/C17H26N4O2S.ClH/c18-11-15-19-14(12-24-15)17(23)21-8-6-20(7-9-21)16(22)10-13-4-2-1-3-5-13;/h12-13H,1-11,18H2;1H. The van der Waals surface area contributed by atoms with Crippen LogP contribution in [0.5, 0.6) is 0 Å². The van der Waals surface area contributed by atoms with E-state index in [0.29, 0.717) is 50.8 Å². The SMILES string of the molecule is Cl.NCc1nc(C(=O)N2CCN(C(=O)CC3CCCCC3)CC2)cs1. The predicted octanol–water partition coefficient (Wildman–Crippen LogP) is 2.28. The van der Waals surface area contributed by atoms with Gasteiger partial charge < -0.3 is 15.5 Å². The second-order valence-electron chi connectivity index (χ2n) is 6.71. The largest absolute Gasteiger partial charge is 0.339 e. The maximum atomic E-state index is 12.5. The number of carbonyl (C=O) groups is 2. The van der Waals surface area contributed by atoms with Crippen molar-refractivity contribution < 1.29 is 9.59 Å². The van der Waals surface area contributed by atoms with Crippen LogP contribution in [0.2, 0.25) is 0 Å². The van der Waals surface area contributed by atoms with Crippen LogP contribution in [0.1, 0.15) is 54.0 Å². The Balaban J connectivity index is 0.00000225. The minimum atomic E-state index is -0.0506. The fourth-order valence-electron chi connectivity index (χ4n) is 3.59. The third kappa shape index (κ3) is 5.15. The summed E-state index contributed by atoms with van der Waals surface area (Å²) in [6.07, 6.45) is 6.90. The zero-order valence-electron chi connectivity index (χ0n) is 14.5. The molecule has 0 spiro atoms. The molecule has 2 amide bonds. The zero-order chi connectivity index (χ0) is 16.9. The number of nitrogens with two attached hydrogens (primary N) is 1. The van der Waals surface area contributed by atoms with Gasteiger partial charge in [0.05, 0.1) is 0 Å². The molecule has 0 atom stereocenters. The second-order valence-corrected chi connectivity index (χ2v) is 7.65. The molecule has 140 valence electrons. The summed E-state index contributed by atoms with van der Waals surface area (Å²) in [5.74, 6) is 0.772. The Morgan fingerprint density at radius 1 is 1.12 bits per heavy atom. The number of rotatable bonds is 4. The number of hydrogen-bond donors (Lipinski definition) is 1. The lowest BCUT2D eigenvalue weighted by atomic mass is 9.86. The van der Waals surface area contributed by atoms with E-state index < -0.39 is 0 Å². The smallest absolute Gasteiger partial charge is 0.273 e. The normalized spacial score (nSPS) is 18.8. The van der Waals surface area contributed by atoms with Crippen LogP contribution in [0.4, 0.5) is 0 Å². The van der Waals surface area contributed by atoms with Crippen molar-refractivity contribution in [1.29, 1.82) is 0 Å². The van der Waals surface area contributed by atoms with Gasteiger partial charge in [0, 0.05) is 44.5 Å². The Morgan fingerprint density at radius 2 is 1.76 bits per heavy atom. The molecule has 8 heteroatoms. The quantitative estimate of drug-likeness (QED) is 0.860. The highest BCUT2D eigenvalue weighted by molar-refractivity contribution is 7.09. The number of amides is 2. The highest BCUT2D eigenvalue weighted by Crippen LogP contribution is 2.27. The van der Waals surface area contributed by atoms with E-state index in [4.69, 9.17) is 5.73 Å². The van der Waals surface area contributed by atoms with E-state index in [-0.39, 0.29) is 24.2 Å². The third-order valence-electron chi connectivity index (χ3n) is 5.05. The Kier molecular flexibility index (Phi) is 7.65. The van der Waals surface area contributed by atoms with E-state index in [9.17, 15) is 9.59 Å². The van der Waals surface area contributed by atoms with Crippen LogP contribution in [0, 0.1) is 5.92 Å². The van der Waals surface area contributed by atoms with Gasteiger partial charge in [0.25, 0.3) is 5.91 Å². The molecular weight excluding hydrogens is 360 g/mol. The number of hydrogen-bond acceptors (Lipinski definition) is 5. The number of halogens is 1. The van der Waals surface area contributed by atoms with Crippen molar-refractivity contribution in [2.45, 2.75) is 45.1 Å². The lowest BCUT2D eigenvalue weighted by Crippen LogP contribution is -2.51. The van der Waals surface area contributed by atoms with Gasteiger partial charge in [-0.15, -0.1) is 23.7 Å². The number of thiazole rings is 1. The minimum absolute atomic E-state index is 0.